The van der Waals surface area contributed by atoms with E-state index in [9.17, 15) is 27.7 Å². The summed E-state index contributed by atoms with van der Waals surface area (Å²) in [4.78, 5) is 21.4. The van der Waals surface area contributed by atoms with Crippen LogP contribution in [0, 0.1) is 15.9 Å². The van der Waals surface area contributed by atoms with Gasteiger partial charge in [0.15, 0.2) is 0 Å². The third kappa shape index (κ3) is 3.95. The first-order valence-electron chi connectivity index (χ1n) is 5.99. The van der Waals surface area contributed by atoms with Gasteiger partial charge in [0.2, 0.25) is 0 Å². The molecule has 116 valence electrons. The van der Waals surface area contributed by atoms with Crippen LogP contribution < -0.4 is 4.72 Å². The van der Waals surface area contributed by atoms with Crippen molar-refractivity contribution in [3.05, 3.63) is 39.7 Å². The van der Waals surface area contributed by atoms with Crippen LogP contribution in [-0.4, -0.2) is 36.6 Å². The van der Waals surface area contributed by atoms with Crippen molar-refractivity contribution in [1.82, 2.24) is 9.03 Å². The molecule has 1 N–H and O–H groups in total. The molecule has 0 saturated carbocycles. The van der Waals surface area contributed by atoms with Crippen molar-refractivity contribution in [2.75, 3.05) is 13.1 Å². The largest absolute Gasteiger partial charge is 0.304 e. The van der Waals surface area contributed by atoms with Gasteiger partial charge < -0.3 is 0 Å². The number of carbonyl (C=O) groups is 1. The zero-order chi connectivity index (χ0) is 16.2. The average molecular weight is 319 g/mol. The molecule has 0 aliphatic carbocycles. The number of rotatable bonds is 6. The highest BCUT2D eigenvalue weighted by atomic mass is 32.2. The lowest BCUT2D eigenvalue weighted by Crippen LogP contribution is -2.43. The van der Waals surface area contributed by atoms with Gasteiger partial charge in [0, 0.05) is 19.2 Å². The molecule has 0 saturated heterocycles. The lowest BCUT2D eigenvalue weighted by Gasteiger charge is -2.18. The van der Waals surface area contributed by atoms with Gasteiger partial charge >= 0.3 is 10.2 Å². The van der Waals surface area contributed by atoms with Crippen LogP contribution >= 0.6 is 0 Å². The summed E-state index contributed by atoms with van der Waals surface area (Å²) < 4.78 is 40.0. The Morgan fingerprint density at radius 1 is 1.38 bits per heavy atom. The molecular weight excluding hydrogens is 305 g/mol. The number of carbonyl (C=O) groups excluding carboxylic acids is 1. The van der Waals surface area contributed by atoms with Crippen molar-refractivity contribution in [2.24, 2.45) is 0 Å². The maximum atomic E-state index is 13.6. The Bertz CT molecular complexity index is 658. The SMILES string of the molecule is CCN(CC)S(=O)(=O)NC(=O)c1ccc([N+](=O)[O-])cc1F. The Kier molecular flexibility index (Phi) is 5.33. The molecule has 0 radical (unpaired) electrons. The molecule has 1 aromatic rings. The second kappa shape index (κ2) is 6.59. The van der Waals surface area contributed by atoms with Crippen LogP contribution in [-0.2, 0) is 10.2 Å². The fraction of sp³-hybridized carbons (Fsp3) is 0.364. The minimum atomic E-state index is -4.08. The van der Waals surface area contributed by atoms with E-state index in [1.54, 1.807) is 18.6 Å². The number of nitrogens with zero attached hydrogens (tertiary/aromatic N) is 2. The summed E-state index contributed by atoms with van der Waals surface area (Å²) in [7, 11) is -4.08. The molecule has 1 amide bonds. The first-order valence-corrected chi connectivity index (χ1v) is 7.43. The zero-order valence-electron chi connectivity index (χ0n) is 11.4. The van der Waals surface area contributed by atoms with Crippen molar-refractivity contribution < 1.29 is 22.5 Å². The van der Waals surface area contributed by atoms with Crippen LogP contribution in [0.2, 0.25) is 0 Å². The number of nitrogens with one attached hydrogen (secondary N) is 1. The van der Waals surface area contributed by atoms with Crippen LogP contribution in [0.25, 0.3) is 0 Å². The lowest BCUT2D eigenvalue weighted by molar-refractivity contribution is -0.385. The second-order valence-corrected chi connectivity index (χ2v) is 5.61. The van der Waals surface area contributed by atoms with Crippen LogP contribution in [0.3, 0.4) is 0 Å². The predicted molar refractivity (Wildman–Crippen MR) is 72.4 cm³/mol. The Morgan fingerprint density at radius 3 is 2.38 bits per heavy atom. The normalized spacial score (nSPS) is 11.4. The van der Waals surface area contributed by atoms with Gasteiger partial charge in [0.25, 0.3) is 11.6 Å². The molecule has 0 heterocycles. The molecule has 1 aromatic carbocycles. The van der Waals surface area contributed by atoms with E-state index in [0.29, 0.717) is 6.07 Å². The minimum Gasteiger partial charge on any atom is -0.268 e. The summed E-state index contributed by atoms with van der Waals surface area (Å²) in [6.45, 7) is 3.45. The smallest absolute Gasteiger partial charge is 0.268 e. The van der Waals surface area contributed by atoms with Crippen LogP contribution in [0.15, 0.2) is 18.2 Å². The average Bonchev–Trinajstić information content (AvgIpc) is 2.38. The van der Waals surface area contributed by atoms with Gasteiger partial charge in [-0.05, 0) is 6.07 Å². The number of hydrogen-bond acceptors (Lipinski definition) is 5. The Hall–Kier alpha value is -2.07. The van der Waals surface area contributed by atoms with Gasteiger partial charge in [0.05, 0.1) is 16.6 Å². The molecule has 0 spiro atoms. The van der Waals surface area contributed by atoms with Crippen LogP contribution in [0.1, 0.15) is 24.2 Å². The van der Waals surface area contributed by atoms with E-state index in [-0.39, 0.29) is 13.1 Å². The van der Waals surface area contributed by atoms with Crippen molar-refractivity contribution in [3.63, 3.8) is 0 Å². The van der Waals surface area contributed by atoms with Gasteiger partial charge in [-0.1, -0.05) is 13.8 Å². The molecule has 8 nitrogen and oxygen atoms in total. The van der Waals surface area contributed by atoms with Gasteiger partial charge in [0.1, 0.15) is 5.82 Å². The number of nitro benzene ring substituents is 1. The fourth-order valence-corrected chi connectivity index (χ4v) is 2.76. The topological polar surface area (TPSA) is 110 Å². The van der Waals surface area contributed by atoms with E-state index in [4.69, 9.17) is 0 Å². The molecule has 0 aromatic heterocycles. The maximum Gasteiger partial charge on any atom is 0.304 e. The predicted octanol–water partition coefficient (Wildman–Crippen LogP) is 1.05. The first-order chi connectivity index (χ1) is 9.72. The van der Waals surface area contributed by atoms with Crippen LogP contribution in [0.5, 0.6) is 0 Å². The highest BCUT2D eigenvalue weighted by Gasteiger charge is 2.24. The monoisotopic (exact) mass is 319 g/mol. The number of nitro groups is 1. The van der Waals surface area contributed by atoms with Crippen molar-refractivity contribution in [3.8, 4) is 0 Å². The third-order valence-electron chi connectivity index (χ3n) is 2.68. The number of halogens is 1. The molecule has 0 aliphatic heterocycles. The first kappa shape index (κ1) is 17.0. The minimum absolute atomic E-state index is 0.141. The quantitative estimate of drug-likeness (QED) is 0.622. The Labute approximate surface area is 120 Å². The van der Waals surface area contributed by atoms with E-state index >= 15 is 0 Å². The molecule has 10 heteroatoms. The highest BCUT2D eigenvalue weighted by molar-refractivity contribution is 7.87. The molecule has 0 bridgehead atoms. The summed E-state index contributed by atoms with van der Waals surface area (Å²) in [6, 6.07) is 2.33. The van der Waals surface area contributed by atoms with E-state index in [0.717, 1.165) is 16.4 Å². The molecule has 0 unspecified atom stereocenters. The number of hydrogen-bond donors (Lipinski definition) is 1. The summed E-state index contributed by atoms with van der Waals surface area (Å²) in [5.41, 5.74) is -1.12. The summed E-state index contributed by atoms with van der Waals surface area (Å²) in [5, 5.41) is 10.5. The maximum absolute atomic E-state index is 13.6. The van der Waals surface area contributed by atoms with Crippen molar-refractivity contribution in [1.29, 1.82) is 0 Å². The summed E-state index contributed by atoms with van der Waals surface area (Å²) in [6.07, 6.45) is 0. The van der Waals surface area contributed by atoms with Gasteiger partial charge in [-0.2, -0.15) is 12.7 Å². The van der Waals surface area contributed by atoms with E-state index < -0.39 is 38.1 Å². The molecule has 0 fully saturated rings. The van der Waals surface area contributed by atoms with Gasteiger partial charge in [-0.3, -0.25) is 14.9 Å². The van der Waals surface area contributed by atoms with Crippen molar-refractivity contribution in [2.45, 2.75) is 13.8 Å². The molecule has 21 heavy (non-hydrogen) atoms. The number of non-ortho nitro benzene ring substituents is 1. The van der Waals surface area contributed by atoms with E-state index in [1.807, 2.05) is 0 Å². The summed E-state index contributed by atoms with van der Waals surface area (Å²) >= 11 is 0. The zero-order valence-corrected chi connectivity index (χ0v) is 12.2. The van der Waals surface area contributed by atoms with E-state index in [1.165, 1.54) is 0 Å². The lowest BCUT2D eigenvalue weighted by atomic mass is 10.2. The van der Waals surface area contributed by atoms with Gasteiger partial charge in [-0.15, -0.1) is 0 Å². The summed E-state index contributed by atoms with van der Waals surface area (Å²) in [5.74, 6) is -2.36. The Balaban J connectivity index is 3.03. The Morgan fingerprint density at radius 2 is 1.95 bits per heavy atom. The van der Waals surface area contributed by atoms with E-state index in [2.05, 4.69) is 0 Å². The molecule has 0 aliphatic rings. The fourth-order valence-electron chi connectivity index (χ4n) is 1.60. The highest BCUT2D eigenvalue weighted by Crippen LogP contribution is 2.16. The van der Waals surface area contributed by atoms with Gasteiger partial charge in [-0.25, -0.2) is 9.11 Å². The molecule has 0 atom stereocenters. The van der Waals surface area contributed by atoms with Crippen molar-refractivity contribution >= 4 is 21.8 Å². The standard InChI is InChI=1S/C11H14FN3O5S/c1-3-14(4-2)21(19,20)13-11(16)9-6-5-8(15(17)18)7-10(9)12/h5-7H,3-4H2,1-2H3,(H,13,16). The molecular formula is C11H14FN3O5S. The third-order valence-corrected chi connectivity index (χ3v) is 4.31. The molecule has 1 rings (SSSR count). The number of benzene rings is 1. The second-order valence-electron chi connectivity index (χ2n) is 3.94. The number of amides is 1. The van der Waals surface area contributed by atoms with Crippen LogP contribution in [0.4, 0.5) is 10.1 Å².